The molecule has 0 spiro atoms. The number of nitrogens with one attached hydrogen (secondary N) is 1. The molecule has 0 amide bonds. The minimum atomic E-state index is -3.46. The molecule has 0 bridgehead atoms. The monoisotopic (exact) mass is 393 g/mol. The lowest BCUT2D eigenvalue weighted by atomic mass is 10.1. The van der Waals surface area contributed by atoms with Crippen LogP contribution in [0, 0.1) is 11.8 Å². The summed E-state index contributed by atoms with van der Waals surface area (Å²) in [5, 5.41) is 0.612. The Labute approximate surface area is 162 Å². The Balaban J connectivity index is 1.82. The van der Waals surface area contributed by atoms with Crippen LogP contribution in [0.15, 0.2) is 51.8 Å². The number of nitrogens with zero attached hydrogens (tertiary/aromatic N) is 1. The van der Waals surface area contributed by atoms with Gasteiger partial charge in [-0.3, -0.25) is 4.72 Å². The first-order valence-corrected chi connectivity index (χ1v) is 10.3. The molecule has 2 aromatic heterocycles. The van der Waals surface area contributed by atoms with Gasteiger partial charge in [-0.15, -0.1) is 0 Å². The third-order valence-electron chi connectivity index (χ3n) is 4.41. The second kappa shape index (κ2) is 6.98. The number of benzene rings is 1. The van der Waals surface area contributed by atoms with Crippen molar-refractivity contribution in [2.24, 2.45) is 7.05 Å². The van der Waals surface area contributed by atoms with Crippen molar-refractivity contribution in [3.05, 3.63) is 69.8 Å². The third kappa shape index (κ3) is 3.68. The minimum Gasteiger partial charge on any atom is -0.422 e. The largest absolute Gasteiger partial charge is 0.422 e. The number of rotatable bonds is 2. The molecule has 28 heavy (non-hydrogen) atoms. The Morgan fingerprint density at radius 1 is 1.21 bits per heavy atom. The number of hydrogen-bond donors (Lipinski definition) is 1. The molecule has 0 saturated heterocycles. The van der Waals surface area contributed by atoms with Gasteiger partial charge in [0.1, 0.15) is 12.6 Å². The first-order valence-electron chi connectivity index (χ1n) is 8.65. The Morgan fingerprint density at radius 3 is 2.89 bits per heavy atom. The van der Waals surface area contributed by atoms with E-state index in [0.29, 0.717) is 27.8 Å². The van der Waals surface area contributed by atoms with Crippen molar-refractivity contribution in [2.45, 2.75) is 6.42 Å². The van der Waals surface area contributed by atoms with Gasteiger partial charge in [0.05, 0.1) is 22.6 Å². The van der Waals surface area contributed by atoms with Gasteiger partial charge in [0.2, 0.25) is 15.7 Å². The average molecular weight is 393 g/mol. The van der Waals surface area contributed by atoms with Crippen molar-refractivity contribution in [1.29, 1.82) is 0 Å². The quantitative estimate of drug-likeness (QED) is 0.412. The number of fused-ring (bicyclic) bond motifs is 2. The van der Waals surface area contributed by atoms with Crippen molar-refractivity contribution in [1.82, 2.24) is 0 Å². The van der Waals surface area contributed by atoms with Gasteiger partial charge in [0, 0.05) is 30.0 Å². The van der Waals surface area contributed by atoms with E-state index in [1.54, 1.807) is 24.3 Å². The fraction of sp³-hybridized carbons (Fsp3) is 0.143. The van der Waals surface area contributed by atoms with Crippen LogP contribution in [0.25, 0.3) is 23.1 Å². The van der Waals surface area contributed by atoms with Crippen LogP contribution in [0.5, 0.6) is 0 Å². The molecule has 0 saturated carbocycles. The van der Waals surface area contributed by atoms with E-state index in [0.717, 1.165) is 5.69 Å². The summed E-state index contributed by atoms with van der Waals surface area (Å²) in [5.41, 5.74) is 2.05. The topological polar surface area (TPSA) is 80.3 Å². The zero-order valence-corrected chi connectivity index (χ0v) is 15.9. The summed E-state index contributed by atoms with van der Waals surface area (Å²) in [6.45, 7) is 0. The van der Waals surface area contributed by atoms with E-state index in [1.807, 2.05) is 42.1 Å². The van der Waals surface area contributed by atoms with Crippen LogP contribution in [0.3, 0.4) is 0 Å². The van der Waals surface area contributed by atoms with Gasteiger partial charge in [0.15, 0.2) is 6.20 Å². The summed E-state index contributed by atoms with van der Waals surface area (Å²) >= 11 is 0. The molecule has 4 rings (SSSR count). The fourth-order valence-corrected chi connectivity index (χ4v) is 3.91. The molecular weight excluding hydrogens is 376 g/mol. The Bertz CT molecular complexity index is 1340. The summed E-state index contributed by atoms with van der Waals surface area (Å²) < 4.78 is 34.1. The Hall–Kier alpha value is -3.37. The zero-order valence-electron chi connectivity index (χ0n) is 15.1. The average Bonchev–Trinajstić information content (AvgIpc) is 2.64. The van der Waals surface area contributed by atoms with E-state index in [4.69, 9.17) is 4.42 Å². The van der Waals surface area contributed by atoms with Crippen molar-refractivity contribution in [3.63, 3.8) is 0 Å². The van der Waals surface area contributed by atoms with Crippen LogP contribution in [0.2, 0.25) is 0 Å². The van der Waals surface area contributed by atoms with Crippen LogP contribution < -0.4 is 14.9 Å². The van der Waals surface area contributed by atoms with Gasteiger partial charge in [-0.2, -0.15) is 0 Å². The SMILES string of the molecule is C[n+]1ccccc1C=Cc1cc2cc3c(cc2oc1=O)C#CCCS(=O)(=O)N3. The van der Waals surface area contributed by atoms with Gasteiger partial charge in [0.25, 0.3) is 0 Å². The maximum atomic E-state index is 12.4. The van der Waals surface area contributed by atoms with Crippen molar-refractivity contribution >= 4 is 38.8 Å². The first-order chi connectivity index (χ1) is 13.4. The summed E-state index contributed by atoms with van der Waals surface area (Å²) in [7, 11) is -1.55. The normalized spacial score (nSPS) is 15.2. The van der Waals surface area contributed by atoms with E-state index in [-0.39, 0.29) is 12.2 Å². The molecule has 1 aliphatic rings. The highest BCUT2D eigenvalue weighted by Crippen LogP contribution is 2.25. The highest BCUT2D eigenvalue weighted by molar-refractivity contribution is 7.92. The predicted octanol–water partition coefficient (Wildman–Crippen LogP) is 2.28. The maximum Gasteiger partial charge on any atom is 0.343 e. The molecule has 6 nitrogen and oxygen atoms in total. The van der Waals surface area contributed by atoms with Crippen molar-refractivity contribution in [3.8, 4) is 11.8 Å². The molecular formula is C21H17N2O4S+. The molecule has 3 heterocycles. The van der Waals surface area contributed by atoms with Crippen molar-refractivity contribution in [2.75, 3.05) is 10.5 Å². The lowest BCUT2D eigenvalue weighted by Crippen LogP contribution is -2.30. The van der Waals surface area contributed by atoms with Gasteiger partial charge in [-0.05, 0) is 30.3 Å². The molecule has 1 N–H and O–H groups in total. The lowest BCUT2D eigenvalue weighted by molar-refractivity contribution is -0.673. The molecule has 0 radical (unpaired) electrons. The molecule has 1 aromatic carbocycles. The van der Waals surface area contributed by atoms with E-state index in [2.05, 4.69) is 16.6 Å². The van der Waals surface area contributed by atoms with E-state index in [1.165, 1.54) is 0 Å². The molecule has 0 aliphatic carbocycles. The molecule has 3 aromatic rings. The van der Waals surface area contributed by atoms with Crippen LogP contribution in [-0.2, 0) is 17.1 Å². The molecule has 0 unspecified atom stereocenters. The standard InChI is InChI=1S/C21H17N2O4S/c1-23-10-4-2-7-18(23)9-8-16-12-17-13-19-15(14-20(17)27-21(16)24)6-3-5-11-28(25,26)22-19/h2,4,7-10,12-14,22H,5,11H2,1H3/q+1. The number of pyridine rings is 1. The van der Waals surface area contributed by atoms with Crippen LogP contribution >= 0.6 is 0 Å². The summed E-state index contributed by atoms with van der Waals surface area (Å²) in [4.78, 5) is 12.4. The van der Waals surface area contributed by atoms with E-state index >= 15 is 0 Å². The van der Waals surface area contributed by atoms with Gasteiger partial charge < -0.3 is 4.42 Å². The maximum absolute atomic E-state index is 12.4. The molecule has 7 heteroatoms. The molecule has 1 aliphatic heterocycles. The van der Waals surface area contributed by atoms with Crippen LogP contribution in [-0.4, -0.2) is 14.2 Å². The second-order valence-corrected chi connectivity index (χ2v) is 8.31. The second-order valence-electron chi connectivity index (χ2n) is 6.47. The molecule has 0 fully saturated rings. The van der Waals surface area contributed by atoms with Crippen LogP contribution in [0.4, 0.5) is 5.69 Å². The Morgan fingerprint density at radius 2 is 2.07 bits per heavy atom. The number of anilines is 1. The number of aryl methyl sites for hydroxylation is 1. The summed E-state index contributed by atoms with van der Waals surface area (Å²) in [5.74, 6) is 5.71. The zero-order chi connectivity index (χ0) is 19.7. The fourth-order valence-electron chi connectivity index (χ4n) is 2.93. The Kier molecular flexibility index (Phi) is 4.49. The number of sulfonamides is 1. The minimum absolute atomic E-state index is 0.0522. The summed E-state index contributed by atoms with van der Waals surface area (Å²) in [6.07, 6.45) is 5.66. The number of aromatic nitrogens is 1. The predicted molar refractivity (Wildman–Crippen MR) is 108 cm³/mol. The highest BCUT2D eigenvalue weighted by Gasteiger charge is 2.16. The molecule has 140 valence electrons. The van der Waals surface area contributed by atoms with E-state index in [9.17, 15) is 13.2 Å². The smallest absolute Gasteiger partial charge is 0.343 e. The van der Waals surface area contributed by atoms with Gasteiger partial charge in [-0.1, -0.05) is 11.8 Å². The molecule has 0 atom stereocenters. The van der Waals surface area contributed by atoms with Crippen molar-refractivity contribution < 1.29 is 17.4 Å². The van der Waals surface area contributed by atoms with Gasteiger partial charge in [-0.25, -0.2) is 17.8 Å². The van der Waals surface area contributed by atoms with Crippen LogP contribution in [0.1, 0.15) is 23.2 Å². The van der Waals surface area contributed by atoms with E-state index < -0.39 is 15.6 Å². The number of hydrogen-bond acceptors (Lipinski definition) is 4. The highest BCUT2D eigenvalue weighted by atomic mass is 32.2. The third-order valence-corrected chi connectivity index (χ3v) is 5.68. The van der Waals surface area contributed by atoms with Gasteiger partial charge >= 0.3 is 5.63 Å². The lowest BCUT2D eigenvalue weighted by Gasteiger charge is -2.12. The summed E-state index contributed by atoms with van der Waals surface area (Å²) in [6, 6.07) is 10.7. The first kappa shape index (κ1) is 18.0.